The monoisotopic (exact) mass is 402 g/mol. The van der Waals surface area contributed by atoms with Crippen LogP contribution in [0.15, 0.2) is 30.6 Å². The molecule has 0 unspecified atom stereocenters. The summed E-state index contributed by atoms with van der Waals surface area (Å²) in [6.07, 6.45) is 3.37. The maximum Gasteiger partial charge on any atom is 0.255 e. The molecule has 1 aromatic carbocycles. The van der Waals surface area contributed by atoms with Crippen molar-refractivity contribution in [3.05, 3.63) is 52.7 Å². The van der Waals surface area contributed by atoms with Gasteiger partial charge in [0.05, 0.1) is 10.6 Å². The average molecular weight is 403 g/mol. The van der Waals surface area contributed by atoms with Crippen molar-refractivity contribution in [2.75, 3.05) is 31.1 Å². The molecule has 0 spiro atoms. The van der Waals surface area contributed by atoms with Crippen LogP contribution in [0.25, 0.3) is 5.78 Å². The Kier molecular flexibility index (Phi) is 5.13. The Morgan fingerprint density at radius 2 is 2.00 bits per heavy atom. The van der Waals surface area contributed by atoms with Gasteiger partial charge in [0.25, 0.3) is 11.7 Å². The molecule has 0 N–H and O–H groups in total. The molecule has 4 rings (SSSR count). The molecule has 3 heterocycles. The second-order valence-electron chi connectivity index (χ2n) is 6.73. The first-order valence-corrected chi connectivity index (χ1v) is 9.63. The molecule has 1 fully saturated rings. The molecule has 1 aliphatic rings. The lowest BCUT2D eigenvalue weighted by atomic mass is 10.1. The van der Waals surface area contributed by atoms with Gasteiger partial charge in [-0.2, -0.15) is 14.6 Å². The number of halogens is 2. The van der Waals surface area contributed by atoms with Crippen LogP contribution in [0.5, 0.6) is 0 Å². The van der Waals surface area contributed by atoms with E-state index in [9.17, 15) is 9.18 Å². The molecule has 1 saturated heterocycles. The summed E-state index contributed by atoms with van der Waals surface area (Å²) in [6.45, 7) is 4.48. The number of amides is 1. The molecule has 1 aliphatic heterocycles. The molecule has 7 nitrogen and oxygen atoms in total. The van der Waals surface area contributed by atoms with Gasteiger partial charge in [-0.3, -0.25) is 4.79 Å². The summed E-state index contributed by atoms with van der Waals surface area (Å²) in [6, 6.07) is 5.90. The van der Waals surface area contributed by atoms with Crippen molar-refractivity contribution < 1.29 is 9.18 Å². The molecule has 0 saturated carbocycles. The van der Waals surface area contributed by atoms with Gasteiger partial charge < -0.3 is 9.80 Å². The number of hydrogen-bond acceptors (Lipinski definition) is 5. The fourth-order valence-electron chi connectivity index (χ4n) is 3.43. The van der Waals surface area contributed by atoms with Crippen LogP contribution in [-0.4, -0.2) is 56.6 Å². The summed E-state index contributed by atoms with van der Waals surface area (Å²) in [4.78, 5) is 25.4. The Morgan fingerprint density at radius 1 is 1.21 bits per heavy atom. The molecule has 146 valence electrons. The molecule has 0 atom stereocenters. The lowest BCUT2D eigenvalue weighted by Crippen LogP contribution is -2.49. The van der Waals surface area contributed by atoms with E-state index in [0.717, 1.165) is 24.4 Å². The minimum absolute atomic E-state index is 0.134. The molecular weight excluding hydrogens is 383 g/mol. The lowest BCUT2D eigenvalue weighted by molar-refractivity contribution is 0.0746. The van der Waals surface area contributed by atoms with Crippen molar-refractivity contribution in [2.45, 2.75) is 19.8 Å². The van der Waals surface area contributed by atoms with Crippen LogP contribution in [-0.2, 0) is 6.42 Å². The zero-order chi connectivity index (χ0) is 19.7. The van der Waals surface area contributed by atoms with Crippen molar-refractivity contribution in [3.63, 3.8) is 0 Å². The molecule has 2 aromatic heterocycles. The standard InChI is InChI=1S/C19H20ClFN6O/c1-2-3-14-11-17(27-19(24-14)22-12-23-27)25-6-8-26(9-7-25)18(28)15-5-4-13(21)10-16(15)20/h4-5,10-12H,2-3,6-9H2,1H3. The number of anilines is 1. The molecule has 28 heavy (non-hydrogen) atoms. The highest BCUT2D eigenvalue weighted by atomic mass is 35.5. The third kappa shape index (κ3) is 3.52. The van der Waals surface area contributed by atoms with Crippen LogP contribution in [0.1, 0.15) is 29.4 Å². The zero-order valence-electron chi connectivity index (χ0n) is 15.5. The SMILES string of the molecule is CCCc1cc(N2CCN(C(=O)c3ccc(F)cc3Cl)CC2)n2ncnc2n1. The lowest BCUT2D eigenvalue weighted by Gasteiger charge is -2.36. The van der Waals surface area contributed by atoms with Crippen LogP contribution in [0.3, 0.4) is 0 Å². The van der Waals surface area contributed by atoms with Crippen molar-refractivity contribution >= 4 is 29.1 Å². The molecule has 0 aliphatic carbocycles. The van der Waals surface area contributed by atoms with E-state index in [1.807, 2.05) is 6.07 Å². The average Bonchev–Trinajstić information content (AvgIpc) is 3.16. The number of carbonyl (C=O) groups excluding carboxylic acids is 1. The Bertz CT molecular complexity index is 1010. The van der Waals surface area contributed by atoms with Gasteiger partial charge in [-0.05, 0) is 24.6 Å². The van der Waals surface area contributed by atoms with Crippen LogP contribution >= 0.6 is 11.6 Å². The number of carbonyl (C=O) groups is 1. The predicted molar refractivity (Wildman–Crippen MR) is 104 cm³/mol. The third-order valence-electron chi connectivity index (χ3n) is 4.84. The normalized spacial score (nSPS) is 14.7. The van der Waals surface area contributed by atoms with Gasteiger partial charge in [0.2, 0.25) is 0 Å². The van der Waals surface area contributed by atoms with Gasteiger partial charge in [0.15, 0.2) is 0 Å². The Labute approximate surface area is 166 Å². The van der Waals surface area contributed by atoms with Gasteiger partial charge in [-0.25, -0.2) is 9.37 Å². The number of nitrogens with zero attached hydrogens (tertiary/aromatic N) is 6. The van der Waals surface area contributed by atoms with Gasteiger partial charge in [0, 0.05) is 37.9 Å². The predicted octanol–water partition coefficient (Wildman–Crippen LogP) is 2.83. The number of piperazine rings is 1. The number of aryl methyl sites for hydroxylation is 1. The summed E-state index contributed by atoms with van der Waals surface area (Å²) in [5.41, 5.74) is 1.30. The molecule has 3 aromatic rings. The minimum Gasteiger partial charge on any atom is -0.353 e. The summed E-state index contributed by atoms with van der Waals surface area (Å²) in [5.74, 6) is 0.871. The second-order valence-corrected chi connectivity index (χ2v) is 7.14. The van der Waals surface area contributed by atoms with Crippen molar-refractivity contribution in [1.82, 2.24) is 24.5 Å². The fraction of sp³-hybridized carbons (Fsp3) is 0.368. The largest absolute Gasteiger partial charge is 0.353 e. The van der Waals surface area contributed by atoms with Gasteiger partial charge in [0.1, 0.15) is 18.0 Å². The molecule has 9 heteroatoms. The molecule has 0 radical (unpaired) electrons. The number of hydrogen-bond donors (Lipinski definition) is 0. The van der Waals surface area contributed by atoms with Crippen molar-refractivity contribution in [3.8, 4) is 0 Å². The Hall–Kier alpha value is -2.74. The number of fused-ring (bicyclic) bond motifs is 1. The van der Waals surface area contributed by atoms with Gasteiger partial charge in [-0.1, -0.05) is 24.9 Å². The van der Waals surface area contributed by atoms with Crippen molar-refractivity contribution in [2.24, 2.45) is 0 Å². The number of rotatable bonds is 4. The van der Waals surface area contributed by atoms with Gasteiger partial charge in [-0.15, -0.1) is 0 Å². The maximum absolute atomic E-state index is 13.2. The van der Waals surface area contributed by atoms with E-state index >= 15 is 0 Å². The first-order valence-electron chi connectivity index (χ1n) is 9.25. The van der Waals surface area contributed by atoms with E-state index in [1.165, 1.54) is 24.5 Å². The smallest absolute Gasteiger partial charge is 0.255 e. The highest BCUT2D eigenvalue weighted by Crippen LogP contribution is 2.22. The summed E-state index contributed by atoms with van der Waals surface area (Å²) >= 11 is 6.04. The van der Waals surface area contributed by atoms with E-state index in [4.69, 9.17) is 11.6 Å². The van der Waals surface area contributed by atoms with Crippen molar-refractivity contribution in [1.29, 1.82) is 0 Å². The van der Waals surface area contributed by atoms with Gasteiger partial charge >= 0.3 is 0 Å². The maximum atomic E-state index is 13.2. The van der Waals surface area contributed by atoms with E-state index in [0.29, 0.717) is 37.5 Å². The van der Waals surface area contributed by atoms with Crippen LogP contribution in [0.2, 0.25) is 5.02 Å². The summed E-state index contributed by atoms with van der Waals surface area (Å²) in [7, 11) is 0. The third-order valence-corrected chi connectivity index (χ3v) is 5.16. The Balaban J connectivity index is 1.52. The van der Waals surface area contributed by atoms with E-state index in [1.54, 1.807) is 9.42 Å². The number of aromatic nitrogens is 4. The first-order chi connectivity index (χ1) is 13.6. The fourth-order valence-corrected chi connectivity index (χ4v) is 3.67. The van der Waals surface area contributed by atoms with E-state index in [-0.39, 0.29) is 10.9 Å². The van der Waals surface area contributed by atoms with Crippen LogP contribution < -0.4 is 4.90 Å². The summed E-state index contributed by atoms with van der Waals surface area (Å²) < 4.78 is 15.0. The van der Waals surface area contributed by atoms with Crippen LogP contribution in [0.4, 0.5) is 10.2 Å². The first kappa shape index (κ1) is 18.6. The second kappa shape index (κ2) is 7.71. The Morgan fingerprint density at radius 3 is 2.71 bits per heavy atom. The summed E-state index contributed by atoms with van der Waals surface area (Å²) in [5, 5.41) is 4.42. The van der Waals surface area contributed by atoms with Crippen LogP contribution in [0, 0.1) is 5.82 Å². The van der Waals surface area contributed by atoms with E-state index < -0.39 is 5.82 Å². The molecule has 0 bridgehead atoms. The zero-order valence-corrected chi connectivity index (χ0v) is 16.2. The van der Waals surface area contributed by atoms with E-state index in [2.05, 4.69) is 26.9 Å². The quantitative estimate of drug-likeness (QED) is 0.671. The topological polar surface area (TPSA) is 66.6 Å². The molecular formula is C19H20ClFN6O. The highest BCUT2D eigenvalue weighted by molar-refractivity contribution is 6.33. The number of benzene rings is 1. The minimum atomic E-state index is -0.455. The highest BCUT2D eigenvalue weighted by Gasteiger charge is 2.25. The molecule has 1 amide bonds.